The van der Waals surface area contributed by atoms with Crippen LogP contribution in [-0.2, 0) is 12.5 Å². The van der Waals surface area contributed by atoms with Crippen LogP contribution in [-0.4, -0.2) is 9.78 Å². The molecule has 15 heavy (non-hydrogen) atoms. The van der Waals surface area contributed by atoms with Crippen molar-refractivity contribution in [1.29, 1.82) is 0 Å². The lowest BCUT2D eigenvalue weighted by Gasteiger charge is -2.35. The first-order valence-electron chi connectivity index (χ1n) is 5.69. The van der Waals surface area contributed by atoms with E-state index in [1.165, 1.54) is 18.5 Å². The van der Waals surface area contributed by atoms with Gasteiger partial charge in [-0.15, -0.1) is 0 Å². The standard InChI is InChI=1S/C12H18N2O/c1-11(2)7-5-6-12(11,3)9-8(7)10(15)13-14(9)4/h7H,5-6H2,1-4H3,(H,13,15). The van der Waals surface area contributed by atoms with Crippen LogP contribution in [0.3, 0.4) is 0 Å². The Morgan fingerprint density at radius 2 is 2.07 bits per heavy atom. The summed E-state index contributed by atoms with van der Waals surface area (Å²) in [4.78, 5) is 11.9. The van der Waals surface area contributed by atoms with E-state index in [-0.39, 0.29) is 16.4 Å². The fourth-order valence-corrected chi connectivity index (χ4v) is 3.98. The molecule has 82 valence electrons. The van der Waals surface area contributed by atoms with Crippen molar-refractivity contribution in [3.05, 3.63) is 21.6 Å². The molecule has 2 bridgehead atoms. The summed E-state index contributed by atoms with van der Waals surface area (Å²) in [6, 6.07) is 0. The van der Waals surface area contributed by atoms with Gasteiger partial charge in [0.2, 0.25) is 0 Å². The van der Waals surface area contributed by atoms with E-state index in [4.69, 9.17) is 0 Å². The van der Waals surface area contributed by atoms with Gasteiger partial charge in [0.05, 0.1) is 0 Å². The van der Waals surface area contributed by atoms with Crippen LogP contribution in [0.4, 0.5) is 0 Å². The molecule has 0 saturated heterocycles. The largest absolute Gasteiger partial charge is 0.291 e. The van der Waals surface area contributed by atoms with E-state index in [1.54, 1.807) is 0 Å². The molecule has 2 aliphatic rings. The van der Waals surface area contributed by atoms with Crippen molar-refractivity contribution in [2.75, 3.05) is 0 Å². The first-order valence-corrected chi connectivity index (χ1v) is 5.69. The minimum absolute atomic E-state index is 0.133. The molecule has 0 spiro atoms. The number of aryl methyl sites for hydroxylation is 1. The molecule has 3 nitrogen and oxygen atoms in total. The molecule has 1 aromatic rings. The molecule has 3 heteroatoms. The quantitative estimate of drug-likeness (QED) is 0.691. The summed E-state index contributed by atoms with van der Waals surface area (Å²) in [5.74, 6) is 0.461. The van der Waals surface area contributed by atoms with E-state index in [2.05, 4.69) is 25.9 Å². The fraction of sp³-hybridized carbons (Fsp3) is 0.750. The third-order valence-electron chi connectivity index (χ3n) is 5.20. The van der Waals surface area contributed by atoms with E-state index < -0.39 is 0 Å². The maximum atomic E-state index is 11.9. The maximum absolute atomic E-state index is 11.9. The van der Waals surface area contributed by atoms with E-state index in [9.17, 15) is 4.79 Å². The van der Waals surface area contributed by atoms with Crippen LogP contribution in [0.5, 0.6) is 0 Å². The zero-order valence-corrected chi connectivity index (χ0v) is 9.85. The average molecular weight is 206 g/mol. The number of fused-ring (bicyclic) bond motifs is 5. The first-order chi connectivity index (χ1) is 6.89. The van der Waals surface area contributed by atoms with Crippen molar-refractivity contribution in [1.82, 2.24) is 9.78 Å². The van der Waals surface area contributed by atoms with Crippen molar-refractivity contribution in [2.24, 2.45) is 12.5 Å². The normalized spacial score (nSPS) is 35.9. The third kappa shape index (κ3) is 0.745. The number of hydrogen-bond donors (Lipinski definition) is 1. The Bertz CT molecular complexity index is 494. The van der Waals surface area contributed by atoms with Crippen LogP contribution in [0.15, 0.2) is 4.79 Å². The summed E-state index contributed by atoms with van der Waals surface area (Å²) in [5, 5.41) is 2.90. The number of aromatic amines is 1. The van der Waals surface area contributed by atoms with Gasteiger partial charge in [0.25, 0.3) is 5.56 Å². The molecule has 0 aromatic carbocycles. The SMILES string of the molecule is Cn1[nH]c(=O)c2c1C1(C)CCC2C1(C)C. The maximum Gasteiger partial charge on any atom is 0.267 e. The number of rotatable bonds is 0. The summed E-state index contributed by atoms with van der Waals surface area (Å²) >= 11 is 0. The molecule has 1 aromatic heterocycles. The van der Waals surface area contributed by atoms with Crippen LogP contribution in [0, 0.1) is 5.41 Å². The molecule has 1 heterocycles. The summed E-state index contributed by atoms with van der Waals surface area (Å²) < 4.78 is 1.94. The van der Waals surface area contributed by atoms with Gasteiger partial charge in [-0.25, -0.2) is 0 Å². The molecule has 0 amide bonds. The number of H-pyrrole nitrogens is 1. The van der Waals surface area contributed by atoms with Crippen LogP contribution >= 0.6 is 0 Å². The monoisotopic (exact) mass is 206 g/mol. The van der Waals surface area contributed by atoms with Gasteiger partial charge in [0, 0.05) is 23.7 Å². The highest BCUT2D eigenvalue weighted by Crippen LogP contribution is 2.66. The second-order valence-electron chi connectivity index (χ2n) is 5.91. The van der Waals surface area contributed by atoms with Crippen molar-refractivity contribution in [3.8, 4) is 0 Å². The van der Waals surface area contributed by atoms with E-state index in [0.717, 1.165) is 5.56 Å². The Hall–Kier alpha value is -0.990. The summed E-state index contributed by atoms with van der Waals surface area (Å²) in [5.41, 5.74) is 2.88. The average Bonchev–Trinajstić information content (AvgIpc) is 2.59. The van der Waals surface area contributed by atoms with E-state index >= 15 is 0 Å². The molecule has 3 rings (SSSR count). The van der Waals surface area contributed by atoms with Gasteiger partial charge in [-0.2, -0.15) is 0 Å². The van der Waals surface area contributed by atoms with Gasteiger partial charge in [-0.05, 0) is 24.2 Å². The van der Waals surface area contributed by atoms with Crippen LogP contribution in [0.1, 0.15) is 50.8 Å². The highest BCUT2D eigenvalue weighted by atomic mass is 16.1. The van der Waals surface area contributed by atoms with Crippen molar-refractivity contribution < 1.29 is 0 Å². The summed E-state index contributed by atoms with van der Waals surface area (Å²) in [7, 11) is 1.96. The van der Waals surface area contributed by atoms with Gasteiger partial charge in [0.1, 0.15) is 0 Å². The number of hydrogen-bond acceptors (Lipinski definition) is 1. The molecule has 2 atom stereocenters. The predicted molar refractivity (Wildman–Crippen MR) is 59.1 cm³/mol. The van der Waals surface area contributed by atoms with Crippen molar-refractivity contribution in [2.45, 2.75) is 44.9 Å². The predicted octanol–water partition coefficient (Wildman–Crippen LogP) is 1.89. The molecule has 0 radical (unpaired) electrons. The lowest BCUT2D eigenvalue weighted by molar-refractivity contribution is 0.219. The van der Waals surface area contributed by atoms with Crippen LogP contribution in [0.2, 0.25) is 0 Å². The Morgan fingerprint density at radius 1 is 1.40 bits per heavy atom. The van der Waals surface area contributed by atoms with Crippen LogP contribution in [0.25, 0.3) is 0 Å². The number of nitrogens with zero attached hydrogens (tertiary/aromatic N) is 1. The van der Waals surface area contributed by atoms with E-state index in [0.29, 0.717) is 5.92 Å². The Labute approximate surface area is 89.5 Å². The molecule has 1 N–H and O–H groups in total. The lowest BCUT2D eigenvalue weighted by Crippen LogP contribution is -2.33. The van der Waals surface area contributed by atoms with Gasteiger partial charge < -0.3 is 0 Å². The smallest absolute Gasteiger partial charge is 0.267 e. The highest BCUT2D eigenvalue weighted by Gasteiger charge is 2.62. The summed E-state index contributed by atoms with van der Waals surface area (Å²) in [6.07, 6.45) is 2.38. The van der Waals surface area contributed by atoms with Gasteiger partial charge in [-0.1, -0.05) is 20.8 Å². The minimum Gasteiger partial charge on any atom is -0.291 e. The first kappa shape index (κ1) is 9.25. The zero-order valence-electron chi connectivity index (χ0n) is 9.85. The number of aromatic nitrogens is 2. The zero-order chi connectivity index (χ0) is 11.0. The lowest BCUT2D eigenvalue weighted by atomic mass is 9.70. The fourth-order valence-electron chi connectivity index (χ4n) is 3.98. The van der Waals surface area contributed by atoms with Crippen LogP contribution < -0.4 is 5.56 Å². The third-order valence-corrected chi connectivity index (χ3v) is 5.20. The molecule has 2 aliphatic carbocycles. The topological polar surface area (TPSA) is 37.8 Å². The molecule has 0 aliphatic heterocycles. The van der Waals surface area contributed by atoms with Gasteiger partial charge in [-0.3, -0.25) is 14.6 Å². The second kappa shape index (κ2) is 2.23. The number of nitrogens with one attached hydrogen (secondary N) is 1. The molecular weight excluding hydrogens is 188 g/mol. The summed E-state index contributed by atoms with van der Waals surface area (Å²) in [6.45, 7) is 6.93. The molecule has 2 unspecified atom stereocenters. The van der Waals surface area contributed by atoms with Gasteiger partial charge >= 0.3 is 0 Å². The minimum atomic E-state index is 0.133. The van der Waals surface area contributed by atoms with Gasteiger partial charge in [0.15, 0.2) is 0 Å². The highest BCUT2D eigenvalue weighted by molar-refractivity contribution is 5.44. The molecule has 1 saturated carbocycles. The molecular formula is C12H18N2O. The molecule has 1 fully saturated rings. The second-order valence-corrected chi connectivity index (χ2v) is 5.91. The Kier molecular flexibility index (Phi) is 1.38. The Morgan fingerprint density at radius 3 is 2.67 bits per heavy atom. The van der Waals surface area contributed by atoms with E-state index in [1.807, 2.05) is 11.7 Å². The van der Waals surface area contributed by atoms with Crippen molar-refractivity contribution >= 4 is 0 Å². The van der Waals surface area contributed by atoms with Crippen molar-refractivity contribution in [3.63, 3.8) is 0 Å². The Balaban J connectivity index is 2.40.